The first-order valence-electron chi connectivity index (χ1n) is 7.24. The number of hydrogen-bond acceptors (Lipinski definition) is 5. The van der Waals surface area contributed by atoms with Gasteiger partial charge in [-0.15, -0.1) is 0 Å². The van der Waals surface area contributed by atoms with Crippen molar-refractivity contribution in [3.63, 3.8) is 0 Å². The minimum absolute atomic E-state index is 0.0947. The van der Waals surface area contributed by atoms with E-state index in [0.717, 1.165) is 25.8 Å². The minimum Gasteiger partial charge on any atom is -0.330 e. The number of hydrogen-bond donors (Lipinski definition) is 2. The van der Waals surface area contributed by atoms with Crippen LogP contribution in [0.2, 0.25) is 0 Å². The fourth-order valence-electron chi connectivity index (χ4n) is 2.62. The molecule has 1 aromatic carbocycles. The molecular formula is C15H23N3O3S. The molecule has 1 aliphatic rings. The quantitative estimate of drug-likeness (QED) is 0.831. The van der Waals surface area contributed by atoms with E-state index in [-0.39, 0.29) is 16.2 Å². The fourth-order valence-corrected chi connectivity index (χ4v) is 3.25. The Bertz CT molecular complexity index is 643. The van der Waals surface area contributed by atoms with Gasteiger partial charge in [0.15, 0.2) is 9.84 Å². The number of carbonyl (C=O) groups excluding carboxylic acids is 1. The Kier molecular flexibility index (Phi) is 4.89. The largest absolute Gasteiger partial charge is 0.330 e. The number of carbonyl (C=O) groups is 1. The molecule has 1 heterocycles. The van der Waals surface area contributed by atoms with Gasteiger partial charge in [-0.1, -0.05) is 6.92 Å². The molecule has 22 heavy (non-hydrogen) atoms. The van der Waals surface area contributed by atoms with Crippen LogP contribution in [0.3, 0.4) is 0 Å². The average Bonchev–Trinajstić information content (AvgIpc) is 2.80. The molecule has 1 amide bonds. The molecule has 1 aromatic rings. The lowest BCUT2D eigenvalue weighted by molar-refractivity contribution is -0.117. The molecule has 1 saturated heterocycles. The van der Waals surface area contributed by atoms with Crippen LogP contribution in [0.1, 0.15) is 13.3 Å². The second-order valence-corrected chi connectivity index (χ2v) is 8.34. The second kappa shape index (κ2) is 6.36. The maximum Gasteiger partial charge on any atom is 0.238 e. The molecule has 1 fully saturated rings. The zero-order valence-electron chi connectivity index (χ0n) is 13.0. The van der Waals surface area contributed by atoms with Gasteiger partial charge in [0.25, 0.3) is 0 Å². The van der Waals surface area contributed by atoms with Crippen LogP contribution < -0.4 is 11.1 Å². The predicted octanol–water partition coefficient (Wildman–Crippen LogP) is 0.699. The highest BCUT2D eigenvalue weighted by atomic mass is 32.2. The second-order valence-electron chi connectivity index (χ2n) is 6.32. The van der Waals surface area contributed by atoms with Crippen molar-refractivity contribution in [1.82, 2.24) is 4.90 Å². The van der Waals surface area contributed by atoms with Crippen molar-refractivity contribution < 1.29 is 13.2 Å². The van der Waals surface area contributed by atoms with Gasteiger partial charge in [0.1, 0.15) is 0 Å². The lowest BCUT2D eigenvalue weighted by Crippen LogP contribution is -2.35. The van der Waals surface area contributed by atoms with Crippen molar-refractivity contribution in [2.75, 3.05) is 37.8 Å². The van der Waals surface area contributed by atoms with Gasteiger partial charge in [-0.3, -0.25) is 9.69 Å². The van der Waals surface area contributed by atoms with E-state index in [1.54, 1.807) is 12.1 Å². The molecule has 0 spiro atoms. The number of rotatable bonds is 5. The molecular weight excluding hydrogens is 302 g/mol. The molecule has 0 radical (unpaired) electrons. The van der Waals surface area contributed by atoms with Gasteiger partial charge in [-0.2, -0.15) is 0 Å². The van der Waals surface area contributed by atoms with Crippen LogP contribution in [0.15, 0.2) is 29.2 Å². The number of nitrogens with two attached hydrogens (primary N) is 1. The predicted molar refractivity (Wildman–Crippen MR) is 86.4 cm³/mol. The third-order valence-corrected chi connectivity index (χ3v) is 5.19. The van der Waals surface area contributed by atoms with Crippen LogP contribution in [0.5, 0.6) is 0 Å². The zero-order chi connectivity index (χ0) is 16.4. The SMILES string of the molecule is CC1(CN)CCN(CC(=O)Nc2ccc(S(C)(=O)=O)cc2)C1. The first-order valence-corrected chi connectivity index (χ1v) is 9.13. The molecule has 0 aliphatic carbocycles. The fraction of sp³-hybridized carbons (Fsp3) is 0.533. The van der Waals surface area contributed by atoms with Gasteiger partial charge in [0.05, 0.1) is 11.4 Å². The lowest BCUT2D eigenvalue weighted by Gasteiger charge is -2.22. The molecule has 0 aromatic heterocycles. The molecule has 3 N–H and O–H groups in total. The van der Waals surface area contributed by atoms with Gasteiger partial charge < -0.3 is 11.1 Å². The highest BCUT2D eigenvalue weighted by molar-refractivity contribution is 7.90. The van der Waals surface area contributed by atoms with Crippen molar-refractivity contribution in [3.8, 4) is 0 Å². The Morgan fingerprint density at radius 3 is 2.50 bits per heavy atom. The monoisotopic (exact) mass is 325 g/mol. The molecule has 1 unspecified atom stereocenters. The number of nitrogens with zero attached hydrogens (tertiary/aromatic N) is 1. The van der Waals surface area contributed by atoms with Crippen molar-refractivity contribution in [1.29, 1.82) is 0 Å². The van der Waals surface area contributed by atoms with Gasteiger partial charge in [0, 0.05) is 18.5 Å². The third kappa shape index (κ3) is 4.28. The van der Waals surface area contributed by atoms with Crippen LogP contribution >= 0.6 is 0 Å². The van der Waals surface area contributed by atoms with Crippen LogP contribution in [-0.2, 0) is 14.6 Å². The number of sulfone groups is 1. The summed E-state index contributed by atoms with van der Waals surface area (Å²) in [6.45, 7) is 4.77. The van der Waals surface area contributed by atoms with Crippen molar-refractivity contribution in [2.24, 2.45) is 11.1 Å². The zero-order valence-corrected chi connectivity index (χ0v) is 13.8. The minimum atomic E-state index is -3.22. The number of amides is 1. The molecule has 0 saturated carbocycles. The van der Waals surface area contributed by atoms with Crippen molar-refractivity contribution in [2.45, 2.75) is 18.2 Å². The van der Waals surface area contributed by atoms with E-state index in [1.807, 2.05) is 0 Å². The summed E-state index contributed by atoms with van der Waals surface area (Å²) in [5.74, 6) is -0.103. The van der Waals surface area contributed by atoms with Gasteiger partial charge in [-0.05, 0) is 49.2 Å². The Labute approximate surface area is 131 Å². The summed E-state index contributed by atoms with van der Waals surface area (Å²) in [6, 6.07) is 6.18. The summed E-state index contributed by atoms with van der Waals surface area (Å²) in [5.41, 5.74) is 6.45. The van der Waals surface area contributed by atoms with E-state index in [4.69, 9.17) is 5.73 Å². The Morgan fingerprint density at radius 2 is 2.00 bits per heavy atom. The third-order valence-electron chi connectivity index (χ3n) is 4.06. The molecule has 1 aliphatic heterocycles. The van der Waals surface area contributed by atoms with Crippen LogP contribution in [0, 0.1) is 5.41 Å². The first kappa shape index (κ1) is 16.9. The van der Waals surface area contributed by atoms with Crippen LogP contribution in [0.25, 0.3) is 0 Å². The molecule has 6 nitrogen and oxygen atoms in total. The maximum atomic E-state index is 12.0. The number of benzene rings is 1. The summed E-state index contributed by atoms with van der Waals surface area (Å²) >= 11 is 0. The highest BCUT2D eigenvalue weighted by Gasteiger charge is 2.33. The van der Waals surface area contributed by atoms with Gasteiger partial charge in [-0.25, -0.2) is 8.42 Å². The van der Waals surface area contributed by atoms with Crippen LogP contribution in [-0.4, -0.2) is 51.7 Å². The average molecular weight is 325 g/mol. The van der Waals surface area contributed by atoms with E-state index < -0.39 is 9.84 Å². The van der Waals surface area contributed by atoms with E-state index in [2.05, 4.69) is 17.1 Å². The summed E-state index contributed by atoms with van der Waals surface area (Å²) in [6.07, 6.45) is 2.16. The number of anilines is 1. The van der Waals surface area contributed by atoms with Crippen molar-refractivity contribution in [3.05, 3.63) is 24.3 Å². The Hall–Kier alpha value is -1.44. The lowest BCUT2D eigenvalue weighted by atomic mass is 9.90. The topological polar surface area (TPSA) is 92.5 Å². The number of likely N-dealkylation sites (tertiary alicyclic amines) is 1. The smallest absolute Gasteiger partial charge is 0.238 e. The van der Waals surface area contributed by atoms with E-state index in [0.29, 0.717) is 18.8 Å². The first-order chi connectivity index (χ1) is 10.2. The maximum absolute atomic E-state index is 12.0. The summed E-state index contributed by atoms with van der Waals surface area (Å²) in [4.78, 5) is 14.4. The number of nitrogens with one attached hydrogen (secondary N) is 1. The van der Waals surface area contributed by atoms with Crippen molar-refractivity contribution >= 4 is 21.4 Å². The molecule has 2 rings (SSSR count). The van der Waals surface area contributed by atoms with E-state index in [9.17, 15) is 13.2 Å². The van der Waals surface area contributed by atoms with Crippen LogP contribution in [0.4, 0.5) is 5.69 Å². The standard InChI is InChI=1S/C15H23N3O3S/c1-15(10-16)7-8-18(11-15)9-14(19)17-12-3-5-13(6-4-12)22(2,20)21/h3-6H,7-11,16H2,1-2H3,(H,17,19). The summed E-state index contributed by atoms with van der Waals surface area (Å²) in [5, 5.41) is 2.79. The molecule has 1 atom stereocenters. The highest BCUT2D eigenvalue weighted by Crippen LogP contribution is 2.28. The summed E-state index contributed by atoms with van der Waals surface area (Å²) < 4.78 is 22.8. The normalized spacial score (nSPS) is 22.7. The van der Waals surface area contributed by atoms with Gasteiger partial charge in [0.2, 0.25) is 5.91 Å². The Morgan fingerprint density at radius 1 is 1.36 bits per heavy atom. The van der Waals surface area contributed by atoms with E-state index in [1.165, 1.54) is 12.1 Å². The molecule has 7 heteroatoms. The van der Waals surface area contributed by atoms with E-state index >= 15 is 0 Å². The van der Waals surface area contributed by atoms with Gasteiger partial charge >= 0.3 is 0 Å². The molecule has 122 valence electrons. The Balaban J connectivity index is 1.90. The molecule has 0 bridgehead atoms. The summed E-state index contributed by atoms with van der Waals surface area (Å²) in [7, 11) is -3.22.